The first-order chi connectivity index (χ1) is 12.6. The maximum Gasteiger partial charge on any atom is 0.338 e. The summed E-state index contributed by atoms with van der Waals surface area (Å²) in [7, 11) is 3.48. The van der Waals surface area contributed by atoms with Gasteiger partial charge in [-0.15, -0.1) is 0 Å². The number of ether oxygens (including phenoxy) is 1. The predicted molar refractivity (Wildman–Crippen MR) is 98.4 cm³/mol. The van der Waals surface area contributed by atoms with Gasteiger partial charge >= 0.3 is 12.0 Å². The second-order valence-electron chi connectivity index (χ2n) is 6.76. The summed E-state index contributed by atoms with van der Waals surface area (Å²) in [6, 6.07) is 8.68. The molecule has 2 aliphatic heterocycles. The van der Waals surface area contributed by atoms with Crippen molar-refractivity contribution in [1.29, 1.82) is 0 Å². The van der Waals surface area contributed by atoms with Gasteiger partial charge in [0.25, 0.3) is 0 Å². The number of methoxy groups -OCH3 is 1. The molecule has 0 aliphatic carbocycles. The third kappa shape index (κ3) is 4.23. The quantitative estimate of drug-likeness (QED) is 0.789. The van der Waals surface area contributed by atoms with Gasteiger partial charge in [-0.3, -0.25) is 4.90 Å². The standard InChI is InChI=1S/C19H26N4O3/c1-22-9-6-10-23(12-11-22)13-15-16(18(24)26-2)17(21-19(25)20-15)14-7-4-3-5-8-14/h3-5,7-8,17H,6,9-13H2,1-2H3,(H2,20,21,25)/t17-/m0/s1. The van der Waals surface area contributed by atoms with E-state index in [-0.39, 0.29) is 6.03 Å². The van der Waals surface area contributed by atoms with Crippen molar-refractivity contribution in [3.63, 3.8) is 0 Å². The van der Waals surface area contributed by atoms with Crippen molar-refractivity contribution in [2.24, 2.45) is 0 Å². The number of rotatable bonds is 4. The Balaban J connectivity index is 1.92. The van der Waals surface area contributed by atoms with Crippen LogP contribution >= 0.6 is 0 Å². The summed E-state index contributed by atoms with van der Waals surface area (Å²) >= 11 is 0. The smallest absolute Gasteiger partial charge is 0.338 e. The minimum absolute atomic E-state index is 0.298. The zero-order valence-corrected chi connectivity index (χ0v) is 15.3. The average Bonchev–Trinajstić information content (AvgIpc) is 2.85. The Hall–Kier alpha value is -2.38. The first kappa shape index (κ1) is 18.4. The van der Waals surface area contributed by atoms with E-state index in [4.69, 9.17) is 4.74 Å². The molecule has 7 nitrogen and oxygen atoms in total. The van der Waals surface area contributed by atoms with Gasteiger partial charge in [-0.2, -0.15) is 0 Å². The molecule has 26 heavy (non-hydrogen) atoms. The maximum absolute atomic E-state index is 12.5. The average molecular weight is 358 g/mol. The Labute approximate surface area is 154 Å². The molecular formula is C19H26N4O3. The van der Waals surface area contributed by atoms with Crippen molar-refractivity contribution in [1.82, 2.24) is 20.4 Å². The van der Waals surface area contributed by atoms with Crippen molar-refractivity contribution in [2.45, 2.75) is 12.5 Å². The summed E-state index contributed by atoms with van der Waals surface area (Å²) in [5, 5.41) is 5.68. The topological polar surface area (TPSA) is 73.9 Å². The summed E-state index contributed by atoms with van der Waals surface area (Å²) in [5.41, 5.74) is 1.95. The molecule has 0 spiro atoms. The van der Waals surface area contributed by atoms with Crippen LogP contribution in [0.1, 0.15) is 18.0 Å². The lowest BCUT2D eigenvalue weighted by atomic mass is 9.95. The van der Waals surface area contributed by atoms with E-state index in [0.29, 0.717) is 17.8 Å². The Bertz CT molecular complexity index is 689. The molecule has 0 radical (unpaired) electrons. The molecule has 1 saturated heterocycles. The minimum atomic E-state index is -0.512. The number of hydrogen-bond donors (Lipinski definition) is 2. The van der Waals surface area contributed by atoms with Crippen LogP contribution in [0.5, 0.6) is 0 Å². The van der Waals surface area contributed by atoms with Gasteiger partial charge in [-0.25, -0.2) is 9.59 Å². The fourth-order valence-corrected chi connectivity index (χ4v) is 3.47. The van der Waals surface area contributed by atoms with Gasteiger partial charge in [0.15, 0.2) is 0 Å². The number of hydrogen-bond acceptors (Lipinski definition) is 5. The van der Waals surface area contributed by atoms with Crippen molar-refractivity contribution in [3.05, 3.63) is 47.2 Å². The minimum Gasteiger partial charge on any atom is -0.466 e. The highest BCUT2D eigenvalue weighted by molar-refractivity contribution is 5.95. The number of carbonyl (C=O) groups is 2. The van der Waals surface area contributed by atoms with Gasteiger partial charge in [0.2, 0.25) is 0 Å². The fourth-order valence-electron chi connectivity index (χ4n) is 3.47. The highest BCUT2D eigenvalue weighted by atomic mass is 16.5. The van der Waals surface area contributed by atoms with E-state index in [1.807, 2.05) is 30.3 Å². The number of carbonyl (C=O) groups excluding carboxylic acids is 2. The zero-order chi connectivity index (χ0) is 18.5. The molecule has 3 rings (SSSR count). The second kappa shape index (κ2) is 8.33. The van der Waals surface area contributed by atoms with Crippen LogP contribution in [0.25, 0.3) is 0 Å². The molecule has 2 aliphatic rings. The normalized spacial score (nSPS) is 22.4. The Kier molecular flexibility index (Phi) is 5.90. The number of benzene rings is 1. The molecule has 1 fully saturated rings. The molecule has 0 aromatic heterocycles. The summed E-state index contributed by atoms with van der Waals surface area (Å²) < 4.78 is 5.02. The third-order valence-corrected chi connectivity index (χ3v) is 4.89. The molecule has 1 aromatic rings. The van der Waals surface area contributed by atoms with Crippen molar-refractivity contribution >= 4 is 12.0 Å². The molecule has 1 aromatic carbocycles. The first-order valence-electron chi connectivity index (χ1n) is 8.93. The molecule has 2 amide bonds. The van der Waals surface area contributed by atoms with Crippen LogP contribution in [-0.4, -0.2) is 68.7 Å². The van der Waals surface area contributed by atoms with Crippen LogP contribution in [0.3, 0.4) is 0 Å². The molecule has 2 heterocycles. The van der Waals surface area contributed by atoms with Gasteiger partial charge in [-0.05, 0) is 32.1 Å². The van der Waals surface area contributed by atoms with Gasteiger partial charge in [0.1, 0.15) is 0 Å². The predicted octanol–water partition coefficient (Wildman–Crippen LogP) is 1.11. The van der Waals surface area contributed by atoms with E-state index in [1.165, 1.54) is 7.11 Å². The number of esters is 1. The third-order valence-electron chi connectivity index (χ3n) is 4.89. The van der Waals surface area contributed by atoms with E-state index in [0.717, 1.165) is 38.2 Å². The van der Waals surface area contributed by atoms with Crippen molar-refractivity contribution < 1.29 is 14.3 Å². The largest absolute Gasteiger partial charge is 0.466 e. The Morgan fingerprint density at radius 3 is 2.69 bits per heavy atom. The van der Waals surface area contributed by atoms with Gasteiger partial charge in [-0.1, -0.05) is 30.3 Å². The SMILES string of the molecule is COC(=O)C1=C(CN2CCCN(C)CC2)NC(=O)N[C@H]1c1ccccc1. The highest BCUT2D eigenvalue weighted by Crippen LogP contribution is 2.28. The maximum atomic E-state index is 12.5. The van der Waals surface area contributed by atoms with Gasteiger partial charge < -0.3 is 20.3 Å². The van der Waals surface area contributed by atoms with Crippen molar-refractivity contribution in [2.75, 3.05) is 46.9 Å². The fraction of sp³-hybridized carbons (Fsp3) is 0.474. The van der Waals surface area contributed by atoms with Crippen LogP contribution in [-0.2, 0) is 9.53 Å². The second-order valence-corrected chi connectivity index (χ2v) is 6.76. The van der Waals surface area contributed by atoms with E-state index < -0.39 is 12.0 Å². The number of amides is 2. The number of nitrogens with one attached hydrogen (secondary N) is 2. The van der Waals surface area contributed by atoms with Gasteiger partial charge in [0.05, 0.1) is 18.7 Å². The highest BCUT2D eigenvalue weighted by Gasteiger charge is 2.34. The van der Waals surface area contributed by atoms with Crippen molar-refractivity contribution in [3.8, 4) is 0 Å². The molecule has 2 N–H and O–H groups in total. The zero-order valence-electron chi connectivity index (χ0n) is 15.3. The Morgan fingerprint density at radius 1 is 1.19 bits per heavy atom. The van der Waals surface area contributed by atoms with E-state index in [1.54, 1.807) is 0 Å². The molecule has 0 saturated carbocycles. The number of urea groups is 1. The van der Waals surface area contributed by atoms with Crippen LogP contribution in [0.2, 0.25) is 0 Å². The summed E-state index contributed by atoms with van der Waals surface area (Å²) in [6.07, 6.45) is 1.06. The molecule has 140 valence electrons. The lowest BCUT2D eigenvalue weighted by molar-refractivity contribution is -0.136. The van der Waals surface area contributed by atoms with Crippen LogP contribution < -0.4 is 10.6 Å². The van der Waals surface area contributed by atoms with Crippen LogP contribution in [0.4, 0.5) is 4.79 Å². The first-order valence-corrected chi connectivity index (χ1v) is 8.93. The lowest BCUT2D eigenvalue weighted by Gasteiger charge is -2.31. The number of likely N-dealkylation sites (N-methyl/N-ethyl adjacent to an activating group) is 1. The molecule has 0 unspecified atom stereocenters. The summed E-state index contributed by atoms with van der Waals surface area (Å²) in [4.78, 5) is 29.3. The summed E-state index contributed by atoms with van der Waals surface area (Å²) in [6.45, 7) is 4.37. The Morgan fingerprint density at radius 2 is 1.96 bits per heavy atom. The number of nitrogens with zero attached hydrogens (tertiary/aromatic N) is 2. The lowest BCUT2D eigenvalue weighted by Crippen LogP contribution is -2.48. The van der Waals surface area contributed by atoms with Crippen LogP contribution in [0.15, 0.2) is 41.6 Å². The molecule has 7 heteroatoms. The molecule has 0 bridgehead atoms. The van der Waals surface area contributed by atoms with Gasteiger partial charge in [0, 0.05) is 25.3 Å². The van der Waals surface area contributed by atoms with E-state index in [9.17, 15) is 9.59 Å². The molecular weight excluding hydrogens is 332 g/mol. The monoisotopic (exact) mass is 358 g/mol. The van der Waals surface area contributed by atoms with E-state index >= 15 is 0 Å². The summed E-state index contributed by atoms with van der Waals surface area (Å²) in [5.74, 6) is -0.423. The molecule has 1 atom stereocenters. The van der Waals surface area contributed by atoms with E-state index in [2.05, 4.69) is 27.5 Å². The van der Waals surface area contributed by atoms with Crippen LogP contribution in [0, 0.1) is 0 Å².